The molecule has 8 nitrogen and oxygen atoms in total. The third kappa shape index (κ3) is 7.02. The Labute approximate surface area is 289 Å². The van der Waals surface area contributed by atoms with Crippen molar-refractivity contribution in [1.29, 1.82) is 0 Å². The highest BCUT2D eigenvalue weighted by Gasteiger charge is 2.58. The Hall–Kier alpha value is -4.05. The van der Waals surface area contributed by atoms with Gasteiger partial charge in [0, 0.05) is 31.9 Å². The van der Waals surface area contributed by atoms with E-state index in [-0.39, 0.29) is 47.5 Å². The van der Waals surface area contributed by atoms with Crippen LogP contribution in [0, 0.1) is 23.7 Å². The van der Waals surface area contributed by atoms with Crippen LogP contribution in [0.1, 0.15) is 62.8 Å². The molecule has 49 heavy (non-hydrogen) atoms. The molecule has 3 aromatic rings. The van der Waals surface area contributed by atoms with Gasteiger partial charge in [-0.25, -0.2) is 0 Å². The molecule has 2 amide bonds. The SMILES string of the molecule is CC(C)C1=C2[C@@H](CC/C(=C/c3ccc(O)cc3)c3ccccn3)OB(O)C[C@@H]2[C@@H]2C(=O)N(C3CCN(Cc4ccccc4)CC3)C(=O)[C@@H]2C1. The van der Waals surface area contributed by atoms with Gasteiger partial charge in [-0.15, -0.1) is 0 Å². The number of amides is 2. The summed E-state index contributed by atoms with van der Waals surface area (Å²) >= 11 is 0. The van der Waals surface area contributed by atoms with Crippen LogP contribution >= 0.6 is 0 Å². The van der Waals surface area contributed by atoms with Crippen LogP contribution in [0.2, 0.25) is 6.32 Å². The zero-order valence-electron chi connectivity index (χ0n) is 28.4. The predicted molar refractivity (Wildman–Crippen MR) is 191 cm³/mol. The number of hydrogen-bond donors (Lipinski definition) is 2. The molecule has 1 aliphatic carbocycles. The quantitative estimate of drug-likeness (QED) is 0.160. The largest absolute Gasteiger partial charge is 0.508 e. The van der Waals surface area contributed by atoms with E-state index < -0.39 is 13.0 Å². The van der Waals surface area contributed by atoms with E-state index in [1.165, 1.54) is 11.1 Å². The van der Waals surface area contributed by atoms with Gasteiger partial charge in [-0.3, -0.25) is 24.4 Å². The summed E-state index contributed by atoms with van der Waals surface area (Å²) in [7, 11) is -1.01. The zero-order valence-corrected chi connectivity index (χ0v) is 28.4. The molecule has 254 valence electrons. The number of phenolic OH excluding ortho intramolecular Hbond substituents is 1. The second-order valence-corrected chi connectivity index (χ2v) is 14.4. The fourth-order valence-electron chi connectivity index (χ4n) is 8.70. The lowest BCUT2D eigenvalue weighted by atomic mass is 9.57. The van der Waals surface area contributed by atoms with Crippen molar-refractivity contribution in [3.63, 3.8) is 0 Å². The number of pyridine rings is 1. The highest BCUT2D eigenvalue weighted by molar-refractivity contribution is 6.43. The van der Waals surface area contributed by atoms with Crippen LogP contribution in [0.3, 0.4) is 0 Å². The zero-order chi connectivity index (χ0) is 34.1. The molecule has 4 heterocycles. The van der Waals surface area contributed by atoms with Gasteiger partial charge in [0.05, 0.1) is 23.6 Å². The molecule has 0 spiro atoms. The number of hydrogen-bond acceptors (Lipinski definition) is 7. The molecule has 0 unspecified atom stereocenters. The fourth-order valence-corrected chi connectivity index (χ4v) is 8.70. The number of allylic oxidation sites excluding steroid dienone is 2. The van der Waals surface area contributed by atoms with E-state index in [0.717, 1.165) is 54.9 Å². The number of likely N-dealkylation sites (tertiary alicyclic amines) is 2. The summed E-state index contributed by atoms with van der Waals surface area (Å²) < 4.78 is 6.30. The van der Waals surface area contributed by atoms with E-state index in [2.05, 4.69) is 54.1 Å². The molecule has 7 rings (SSSR count). The van der Waals surface area contributed by atoms with E-state index in [9.17, 15) is 19.7 Å². The van der Waals surface area contributed by atoms with E-state index in [1.54, 1.807) is 23.2 Å². The van der Waals surface area contributed by atoms with Crippen LogP contribution in [0.5, 0.6) is 5.75 Å². The Bertz CT molecular complexity index is 1700. The molecule has 0 bridgehead atoms. The van der Waals surface area contributed by atoms with E-state index >= 15 is 0 Å². The molecule has 2 N–H and O–H groups in total. The Balaban J connectivity index is 1.11. The lowest BCUT2D eigenvalue weighted by Crippen LogP contribution is -2.48. The van der Waals surface area contributed by atoms with Gasteiger partial charge in [-0.05, 0) is 103 Å². The van der Waals surface area contributed by atoms with Crippen molar-refractivity contribution in [3.8, 4) is 5.75 Å². The predicted octanol–water partition coefficient (Wildman–Crippen LogP) is 6.23. The topological polar surface area (TPSA) is 103 Å². The molecule has 0 saturated carbocycles. The summed E-state index contributed by atoms with van der Waals surface area (Å²) in [6.45, 7) is 6.89. The molecular weight excluding hydrogens is 613 g/mol. The van der Waals surface area contributed by atoms with E-state index in [4.69, 9.17) is 4.65 Å². The molecule has 3 fully saturated rings. The summed E-state index contributed by atoms with van der Waals surface area (Å²) in [5.41, 5.74) is 6.41. The molecular formula is C40H46BN3O5. The normalized spacial score (nSPS) is 25.3. The molecule has 4 atom stereocenters. The minimum absolute atomic E-state index is 0.0273. The average molecular weight is 660 g/mol. The first-order valence-electron chi connectivity index (χ1n) is 17.9. The van der Waals surface area contributed by atoms with Gasteiger partial charge in [0.25, 0.3) is 0 Å². The Morgan fingerprint density at radius 1 is 0.980 bits per heavy atom. The van der Waals surface area contributed by atoms with Crippen molar-refractivity contribution in [1.82, 2.24) is 14.8 Å². The second kappa shape index (κ2) is 14.4. The first kappa shape index (κ1) is 33.5. The first-order valence-corrected chi connectivity index (χ1v) is 17.9. The number of nitrogens with zero attached hydrogens (tertiary/aromatic N) is 3. The van der Waals surface area contributed by atoms with Gasteiger partial charge in [0.1, 0.15) is 5.75 Å². The number of aromatic nitrogens is 1. The van der Waals surface area contributed by atoms with Gasteiger partial charge in [-0.1, -0.05) is 68.0 Å². The maximum Gasteiger partial charge on any atom is 0.455 e. The van der Waals surface area contributed by atoms with Crippen molar-refractivity contribution in [3.05, 3.63) is 107 Å². The van der Waals surface area contributed by atoms with Crippen LogP contribution in [0.15, 0.2) is 90.1 Å². The molecule has 3 aliphatic heterocycles. The number of aromatic hydroxyl groups is 1. The molecule has 3 saturated heterocycles. The molecule has 0 radical (unpaired) electrons. The molecule has 4 aliphatic rings. The number of phenols is 1. The number of rotatable bonds is 9. The van der Waals surface area contributed by atoms with Crippen molar-refractivity contribution >= 4 is 30.6 Å². The van der Waals surface area contributed by atoms with Gasteiger partial charge in [0.15, 0.2) is 0 Å². The number of carbonyl (C=O) groups is 2. The minimum Gasteiger partial charge on any atom is -0.508 e. The minimum atomic E-state index is -1.01. The molecule has 2 aromatic carbocycles. The van der Waals surface area contributed by atoms with Crippen LogP contribution in [-0.4, -0.2) is 69.1 Å². The third-order valence-corrected chi connectivity index (χ3v) is 11.1. The lowest BCUT2D eigenvalue weighted by molar-refractivity contribution is -0.144. The number of benzene rings is 2. The summed E-state index contributed by atoms with van der Waals surface area (Å²) in [5.74, 6) is -0.772. The molecule has 9 heteroatoms. The highest BCUT2D eigenvalue weighted by atomic mass is 16.5. The summed E-state index contributed by atoms with van der Waals surface area (Å²) in [5, 5.41) is 20.9. The third-order valence-electron chi connectivity index (χ3n) is 11.1. The summed E-state index contributed by atoms with van der Waals surface area (Å²) in [6, 6.07) is 23.3. The number of piperidine rings is 1. The number of carbonyl (C=O) groups excluding carboxylic acids is 2. The highest BCUT2D eigenvalue weighted by Crippen LogP contribution is 2.52. The van der Waals surface area contributed by atoms with Crippen molar-refractivity contribution in [2.24, 2.45) is 23.7 Å². The molecule has 1 aromatic heterocycles. The van der Waals surface area contributed by atoms with Crippen LogP contribution in [-0.2, 0) is 20.8 Å². The Morgan fingerprint density at radius 3 is 2.41 bits per heavy atom. The average Bonchev–Trinajstić information content (AvgIpc) is 3.37. The van der Waals surface area contributed by atoms with Crippen LogP contribution in [0.25, 0.3) is 11.6 Å². The lowest BCUT2D eigenvalue weighted by Gasteiger charge is -2.44. The standard InChI is InChI=1S/C40H46BN3O5/c1-26(2)32-23-33-38(40(47)44(39(33)46)30-17-20-43(21-18-30)25-28-8-4-3-5-9-28)34-24-41(48)49-36(37(32)34)16-13-29(35-10-6-7-19-42-35)22-27-11-14-31(45)15-12-27/h3-12,14-15,19,22,26,30,33-34,36,38,45,48H,13,16-18,20-21,23-25H2,1-2H3/b29-22-/t33-,34+,36-,38-/m1/s1. The van der Waals surface area contributed by atoms with Gasteiger partial charge < -0.3 is 14.8 Å². The van der Waals surface area contributed by atoms with Crippen molar-refractivity contribution in [2.45, 2.75) is 71.0 Å². The Kier molecular flexibility index (Phi) is 9.86. The monoisotopic (exact) mass is 659 g/mol. The summed E-state index contributed by atoms with van der Waals surface area (Å²) in [6.07, 6.45) is 7.16. The summed E-state index contributed by atoms with van der Waals surface area (Å²) in [4.78, 5) is 37.2. The smallest absolute Gasteiger partial charge is 0.455 e. The first-order chi connectivity index (χ1) is 23.8. The second-order valence-electron chi connectivity index (χ2n) is 14.4. The van der Waals surface area contributed by atoms with Gasteiger partial charge in [-0.2, -0.15) is 0 Å². The van der Waals surface area contributed by atoms with Gasteiger partial charge >= 0.3 is 7.12 Å². The maximum absolute atomic E-state index is 14.4. The number of fused-ring (bicyclic) bond motifs is 3. The number of imide groups is 1. The Morgan fingerprint density at radius 2 is 1.71 bits per heavy atom. The van der Waals surface area contributed by atoms with Crippen LogP contribution in [0.4, 0.5) is 0 Å². The fraction of sp³-hybridized carbons (Fsp3) is 0.425. The van der Waals surface area contributed by atoms with Crippen molar-refractivity contribution in [2.75, 3.05) is 13.1 Å². The van der Waals surface area contributed by atoms with Gasteiger partial charge in [0.2, 0.25) is 11.8 Å². The van der Waals surface area contributed by atoms with E-state index in [0.29, 0.717) is 25.6 Å². The van der Waals surface area contributed by atoms with Crippen molar-refractivity contribution < 1.29 is 24.4 Å². The van der Waals surface area contributed by atoms with E-state index in [1.807, 2.05) is 36.4 Å². The van der Waals surface area contributed by atoms with Crippen LogP contribution < -0.4 is 0 Å². The maximum atomic E-state index is 14.4.